The molecule has 45 heavy (non-hydrogen) atoms. The lowest BCUT2D eigenvalue weighted by molar-refractivity contribution is -0.134. The van der Waals surface area contributed by atoms with Crippen molar-refractivity contribution in [3.05, 3.63) is 135 Å². The van der Waals surface area contributed by atoms with E-state index in [1.807, 2.05) is 43.3 Å². The van der Waals surface area contributed by atoms with Crippen molar-refractivity contribution in [2.75, 3.05) is 6.61 Å². The second kappa shape index (κ2) is 15.6. The molecule has 0 spiro atoms. The highest BCUT2D eigenvalue weighted by Gasteiger charge is 2.39. The number of ether oxygens (including phenoxy) is 1. The van der Waals surface area contributed by atoms with Crippen LogP contribution in [0.2, 0.25) is 10.0 Å². The molecule has 0 saturated carbocycles. The normalized spacial score (nSPS) is 12.8. The number of carbonyl (C=O) groups is 3. The fourth-order valence-electron chi connectivity index (χ4n) is 4.72. The molecule has 0 aliphatic carbocycles. The van der Waals surface area contributed by atoms with Crippen LogP contribution in [-0.2, 0) is 34.6 Å². The highest BCUT2D eigenvalue weighted by molar-refractivity contribution is 6.42. The van der Waals surface area contributed by atoms with E-state index in [0.717, 1.165) is 16.7 Å². The zero-order chi connectivity index (χ0) is 32.4. The standard InChI is InChI=1S/C35H36Cl2N4O4/c1-3-45-28-16-13-23(14-17-28)19-31(40-32(42)26-7-5-4-6-8-26)33(43)41-35(2,27-15-18-29(36)30(37)20-27)34(44)39-22-25-11-9-24(21-38)10-12-25/h4-18,20,31H,3,19,21-22,38H2,1-2H3,(H,39,44)(H,40,42)(H,41,43)/t31-,35+/m1/s1. The van der Waals surface area contributed by atoms with Gasteiger partial charge in [0.15, 0.2) is 0 Å². The lowest BCUT2D eigenvalue weighted by atomic mass is 9.89. The van der Waals surface area contributed by atoms with E-state index in [-0.39, 0.29) is 18.0 Å². The van der Waals surface area contributed by atoms with Crippen LogP contribution in [-0.4, -0.2) is 30.4 Å². The van der Waals surface area contributed by atoms with Gasteiger partial charge in [0.1, 0.15) is 17.3 Å². The topological polar surface area (TPSA) is 123 Å². The molecule has 2 atom stereocenters. The van der Waals surface area contributed by atoms with Gasteiger partial charge in [-0.15, -0.1) is 0 Å². The van der Waals surface area contributed by atoms with Gasteiger partial charge in [0.2, 0.25) is 11.8 Å². The molecule has 0 aliphatic heterocycles. The molecule has 0 unspecified atom stereocenters. The van der Waals surface area contributed by atoms with Gasteiger partial charge in [-0.05, 0) is 72.5 Å². The molecule has 10 heteroatoms. The third-order valence-corrected chi connectivity index (χ3v) is 8.11. The minimum absolute atomic E-state index is 0.156. The molecule has 4 aromatic carbocycles. The van der Waals surface area contributed by atoms with E-state index in [1.165, 1.54) is 0 Å². The van der Waals surface area contributed by atoms with Gasteiger partial charge < -0.3 is 26.4 Å². The zero-order valence-electron chi connectivity index (χ0n) is 25.1. The van der Waals surface area contributed by atoms with E-state index in [9.17, 15) is 14.4 Å². The number of rotatable bonds is 13. The summed E-state index contributed by atoms with van der Waals surface area (Å²) in [7, 11) is 0. The third kappa shape index (κ3) is 8.85. The maximum absolute atomic E-state index is 14.1. The lowest BCUT2D eigenvalue weighted by Crippen LogP contribution is -2.59. The molecule has 0 saturated heterocycles. The summed E-state index contributed by atoms with van der Waals surface area (Å²) in [5.41, 5.74) is 7.53. The van der Waals surface area contributed by atoms with Crippen molar-refractivity contribution in [3.63, 3.8) is 0 Å². The van der Waals surface area contributed by atoms with Gasteiger partial charge in [-0.2, -0.15) is 0 Å². The molecule has 0 fully saturated rings. The lowest BCUT2D eigenvalue weighted by Gasteiger charge is -2.32. The number of nitrogens with one attached hydrogen (secondary N) is 3. The van der Waals surface area contributed by atoms with Gasteiger partial charge >= 0.3 is 0 Å². The molecule has 3 amide bonds. The van der Waals surface area contributed by atoms with Crippen LogP contribution >= 0.6 is 23.2 Å². The second-order valence-electron chi connectivity index (χ2n) is 10.6. The largest absolute Gasteiger partial charge is 0.494 e. The summed E-state index contributed by atoms with van der Waals surface area (Å²) in [4.78, 5) is 41.2. The summed E-state index contributed by atoms with van der Waals surface area (Å²) in [6.07, 6.45) is 0.156. The fraction of sp³-hybridized carbons (Fsp3) is 0.229. The predicted octanol–water partition coefficient (Wildman–Crippen LogP) is 5.54. The molecule has 234 valence electrons. The summed E-state index contributed by atoms with van der Waals surface area (Å²) in [5.74, 6) is -0.782. The van der Waals surface area contributed by atoms with Gasteiger partial charge in [0.05, 0.1) is 16.7 Å². The van der Waals surface area contributed by atoms with Gasteiger partial charge in [0, 0.05) is 25.1 Å². The average molecular weight is 648 g/mol. The van der Waals surface area contributed by atoms with Gasteiger partial charge in [0.25, 0.3) is 5.91 Å². The van der Waals surface area contributed by atoms with Crippen molar-refractivity contribution in [1.82, 2.24) is 16.0 Å². The highest BCUT2D eigenvalue weighted by atomic mass is 35.5. The molecule has 0 aliphatic rings. The summed E-state index contributed by atoms with van der Waals surface area (Å²) >= 11 is 12.5. The van der Waals surface area contributed by atoms with Crippen LogP contribution < -0.4 is 26.4 Å². The van der Waals surface area contributed by atoms with Crippen molar-refractivity contribution in [3.8, 4) is 5.75 Å². The minimum Gasteiger partial charge on any atom is -0.494 e. The van der Waals surface area contributed by atoms with Crippen molar-refractivity contribution < 1.29 is 19.1 Å². The van der Waals surface area contributed by atoms with E-state index in [1.54, 1.807) is 67.6 Å². The summed E-state index contributed by atoms with van der Waals surface area (Å²) in [6.45, 7) is 4.62. The number of benzene rings is 4. The molecule has 0 heterocycles. The number of nitrogens with two attached hydrogens (primary N) is 1. The van der Waals surface area contributed by atoms with Crippen LogP contribution in [0.4, 0.5) is 0 Å². The average Bonchev–Trinajstić information content (AvgIpc) is 3.06. The van der Waals surface area contributed by atoms with E-state index in [4.69, 9.17) is 33.7 Å². The number of halogens is 2. The van der Waals surface area contributed by atoms with Crippen molar-refractivity contribution in [1.29, 1.82) is 0 Å². The maximum atomic E-state index is 14.1. The minimum atomic E-state index is -1.59. The number of amides is 3. The van der Waals surface area contributed by atoms with E-state index >= 15 is 0 Å². The Morgan fingerprint density at radius 1 is 0.844 bits per heavy atom. The molecule has 0 bridgehead atoms. The molecule has 4 aromatic rings. The Morgan fingerprint density at radius 2 is 1.49 bits per heavy atom. The van der Waals surface area contributed by atoms with Crippen molar-refractivity contribution >= 4 is 40.9 Å². The van der Waals surface area contributed by atoms with Crippen LogP contribution in [0.15, 0.2) is 97.1 Å². The van der Waals surface area contributed by atoms with Gasteiger partial charge in [-0.25, -0.2) is 0 Å². The molecule has 8 nitrogen and oxygen atoms in total. The monoisotopic (exact) mass is 646 g/mol. The Hall–Kier alpha value is -4.37. The van der Waals surface area contributed by atoms with Crippen LogP contribution in [0.3, 0.4) is 0 Å². The van der Waals surface area contributed by atoms with Gasteiger partial charge in [-0.3, -0.25) is 14.4 Å². The first kappa shape index (κ1) is 33.5. The molecular weight excluding hydrogens is 611 g/mol. The zero-order valence-corrected chi connectivity index (χ0v) is 26.6. The Balaban J connectivity index is 1.63. The Kier molecular flexibility index (Phi) is 11.6. The van der Waals surface area contributed by atoms with Crippen LogP contribution in [0, 0.1) is 0 Å². The van der Waals surface area contributed by atoms with E-state index in [2.05, 4.69) is 16.0 Å². The van der Waals surface area contributed by atoms with E-state index in [0.29, 0.717) is 35.1 Å². The Labute approximate surface area is 273 Å². The molecular formula is C35H36Cl2N4O4. The number of hydrogen-bond donors (Lipinski definition) is 4. The first-order valence-corrected chi connectivity index (χ1v) is 15.3. The maximum Gasteiger partial charge on any atom is 0.251 e. The molecule has 5 N–H and O–H groups in total. The first-order chi connectivity index (χ1) is 21.6. The Morgan fingerprint density at radius 3 is 2.11 bits per heavy atom. The fourth-order valence-corrected chi connectivity index (χ4v) is 5.02. The van der Waals surface area contributed by atoms with Crippen molar-refractivity contribution in [2.24, 2.45) is 5.73 Å². The predicted molar refractivity (Wildman–Crippen MR) is 177 cm³/mol. The smallest absolute Gasteiger partial charge is 0.251 e. The van der Waals surface area contributed by atoms with E-state index < -0.39 is 29.3 Å². The first-order valence-electron chi connectivity index (χ1n) is 14.5. The molecule has 0 aromatic heterocycles. The molecule has 0 radical (unpaired) electrons. The van der Waals surface area contributed by atoms with Crippen molar-refractivity contribution in [2.45, 2.75) is 44.9 Å². The third-order valence-electron chi connectivity index (χ3n) is 7.37. The second-order valence-corrected chi connectivity index (χ2v) is 11.4. The van der Waals surface area contributed by atoms with Gasteiger partial charge in [-0.1, -0.05) is 83.9 Å². The number of hydrogen-bond acceptors (Lipinski definition) is 5. The van der Waals surface area contributed by atoms with Crippen LogP contribution in [0.5, 0.6) is 5.75 Å². The van der Waals surface area contributed by atoms with Crippen LogP contribution in [0.1, 0.15) is 46.5 Å². The summed E-state index contributed by atoms with van der Waals surface area (Å²) < 4.78 is 5.54. The quantitative estimate of drug-likeness (QED) is 0.152. The summed E-state index contributed by atoms with van der Waals surface area (Å²) in [5, 5.41) is 9.22. The Bertz CT molecular complexity index is 1620. The highest BCUT2D eigenvalue weighted by Crippen LogP contribution is 2.29. The van der Waals surface area contributed by atoms with Crippen LogP contribution in [0.25, 0.3) is 0 Å². The molecule has 4 rings (SSSR count). The number of carbonyl (C=O) groups excluding carboxylic acids is 3. The summed E-state index contributed by atoms with van der Waals surface area (Å²) in [6, 6.07) is 27.1. The SMILES string of the molecule is CCOc1ccc(C[C@@H](NC(=O)c2ccccc2)C(=O)N[C@](C)(C(=O)NCc2ccc(CN)cc2)c2ccc(Cl)c(Cl)c2)cc1.